The lowest BCUT2D eigenvalue weighted by atomic mass is 10.2. The van der Waals surface area contributed by atoms with Crippen LogP contribution in [-0.4, -0.2) is 27.8 Å². The molecule has 5 nitrogen and oxygen atoms in total. The highest BCUT2D eigenvalue weighted by Crippen LogP contribution is 2.19. The molecule has 0 fully saturated rings. The van der Waals surface area contributed by atoms with Crippen LogP contribution in [0.4, 0.5) is 0 Å². The fourth-order valence-electron chi connectivity index (χ4n) is 2.23. The smallest absolute Gasteiger partial charge is 0.255 e. The molecule has 0 N–H and O–H groups in total. The Morgan fingerprint density at radius 2 is 1.88 bits per heavy atom. The molecule has 0 aliphatic heterocycles. The highest BCUT2D eigenvalue weighted by Gasteiger charge is 2.13. The van der Waals surface area contributed by atoms with E-state index in [0.29, 0.717) is 23.7 Å². The zero-order valence-electron chi connectivity index (χ0n) is 13.3. The van der Waals surface area contributed by atoms with Crippen LogP contribution in [0.15, 0.2) is 73.2 Å². The highest BCUT2D eigenvalue weighted by atomic mass is 16.5. The van der Waals surface area contributed by atoms with Gasteiger partial charge in [-0.2, -0.15) is 0 Å². The maximum Gasteiger partial charge on any atom is 0.255 e. The van der Waals surface area contributed by atoms with Crippen molar-refractivity contribution in [1.29, 1.82) is 0 Å². The SMILES string of the molecule is CN(Cc1cccnc1)C(=O)c1ccc(Oc2ccccc2)nc1. The molecule has 0 radical (unpaired) electrons. The highest BCUT2D eigenvalue weighted by molar-refractivity contribution is 5.93. The number of carbonyl (C=O) groups is 1. The first-order valence-corrected chi connectivity index (χ1v) is 7.56. The Hall–Kier alpha value is -3.21. The summed E-state index contributed by atoms with van der Waals surface area (Å²) in [4.78, 5) is 22.3. The van der Waals surface area contributed by atoms with E-state index < -0.39 is 0 Å². The maximum absolute atomic E-state index is 12.4. The van der Waals surface area contributed by atoms with Crippen molar-refractivity contribution in [2.75, 3.05) is 7.05 Å². The Morgan fingerprint density at radius 3 is 2.54 bits per heavy atom. The van der Waals surface area contributed by atoms with Gasteiger partial charge in [-0.15, -0.1) is 0 Å². The minimum atomic E-state index is -0.0994. The van der Waals surface area contributed by atoms with E-state index in [9.17, 15) is 4.79 Å². The molecule has 0 aliphatic carbocycles. The number of hydrogen-bond acceptors (Lipinski definition) is 4. The van der Waals surface area contributed by atoms with E-state index in [1.165, 1.54) is 6.20 Å². The third-order valence-corrected chi connectivity index (χ3v) is 3.44. The van der Waals surface area contributed by atoms with Gasteiger partial charge >= 0.3 is 0 Å². The lowest BCUT2D eigenvalue weighted by Gasteiger charge is -2.17. The molecule has 0 atom stereocenters. The zero-order chi connectivity index (χ0) is 16.8. The van der Waals surface area contributed by atoms with E-state index in [-0.39, 0.29) is 5.91 Å². The standard InChI is InChI=1S/C19H17N3O2/c1-22(14-15-6-5-11-20-12-15)19(23)16-9-10-18(21-13-16)24-17-7-3-2-4-8-17/h2-13H,14H2,1H3. The van der Waals surface area contributed by atoms with Crippen LogP contribution in [0.2, 0.25) is 0 Å². The molecule has 0 aliphatic rings. The van der Waals surface area contributed by atoms with Gasteiger partial charge in [-0.1, -0.05) is 24.3 Å². The lowest BCUT2D eigenvalue weighted by molar-refractivity contribution is 0.0784. The Balaban J connectivity index is 1.65. The Kier molecular flexibility index (Phi) is 4.81. The van der Waals surface area contributed by atoms with Gasteiger partial charge in [0.2, 0.25) is 5.88 Å². The number of hydrogen-bond donors (Lipinski definition) is 0. The molecule has 5 heteroatoms. The number of pyridine rings is 2. The molecule has 1 aromatic carbocycles. The molecule has 3 aromatic rings. The van der Waals surface area contributed by atoms with Crippen LogP contribution in [0.1, 0.15) is 15.9 Å². The van der Waals surface area contributed by atoms with E-state index in [1.807, 2.05) is 42.5 Å². The van der Waals surface area contributed by atoms with Crippen LogP contribution in [-0.2, 0) is 6.54 Å². The molecule has 24 heavy (non-hydrogen) atoms. The van der Waals surface area contributed by atoms with E-state index in [4.69, 9.17) is 4.74 Å². The lowest BCUT2D eigenvalue weighted by Crippen LogP contribution is -2.26. The summed E-state index contributed by atoms with van der Waals surface area (Å²) < 4.78 is 5.62. The first-order valence-electron chi connectivity index (χ1n) is 7.56. The van der Waals surface area contributed by atoms with Gasteiger partial charge in [0.05, 0.1) is 5.56 Å². The average molecular weight is 319 g/mol. The third-order valence-electron chi connectivity index (χ3n) is 3.44. The number of carbonyl (C=O) groups excluding carboxylic acids is 1. The monoisotopic (exact) mass is 319 g/mol. The van der Waals surface area contributed by atoms with Gasteiger partial charge in [0.1, 0.15) is 5.75 Å². The van der Waals surface area contributed by atoms with Crippen molar-refractivity contribution in [3.63, 3.8) is 0 Å². The minimum Gasteiger partial charge on any atom is -0.439 e. The number of aromatic nitrogens is 2. The van der Waals surface area contributed by atoms with Crippen molar-refractivity contribution in [2.24, 2.45) is 0 Å². The van der Waals surface area contributed by atoms with Crippen molar-refractivity contribution >= 4 is 5.91 Å². The van der Waals surface area contributed by atoms with E-state index in [0.717, 1.165) is 5.56 Å². The second-order valence-corrected chi connectivity index (χ2v) is 5.32. The summed E-state index contributed by atoms with van der Waals surface area (Å²) in [5.41, 5.74) is 1.49. The number of benzene rings is 1. The summed E-state index contributed by atoms with van der Waals surface area (Å²) in [6.45, 7) is 0.495. The van der Waals surface area contributed by atoms with E-state index in [1.54, 1.807) is 36.5 Å². The van der Waals surface area contributed by atoms with Crippen LogP contribution in [0.25, 0.3) is 0 Å². The average Bonchev–Trinajstić information content (AvgIpc) is 2.63. The normalized spacial score (nSPS) is 10.2. The van der Waals surface area contributed by atoms with Crippen molar-refractivity contribution in [2.45, 2.75) is 6.54 Å². The molecular weight excluding hydrogens is 302 g/mol. The molecule has 0 saturated heterocycles. The number of para-hydroxylation sites is 1. The van der Waals surface area contributed by atoms with Gasteiger partial charge in [-0.05, 0) is 29.8 Å². The van der Waals surface area contributed by atoms with Crippen molar-refractivity contribution in [1.82, 2.24) is 14.9 Å². The number of nitrogens with zero attached hydrogens (tertiary/aromatic N) is 3. The molecule has 0 bridgehead atoms. The van der Waals surface area contributed by atoms with Crippen LogP contribution in [0.5, 0.6) is 11.6 Å². The molecule has 1 amide bonds. The number of amides is 1. The Labute approximate surface area is 140 Å². The van der Waals surface area contributed by atoms with Gasteiger partial charge in [0.25, 0.3) is 5.91 Å². The van der Waals surface area contributed by atoms with Crippen LogP contribution in [0, 0.1) is 0 Å². The zero-order valence-corrected chi connectivity index (χ0v) is 13.3. The fraction of sp³-hybridized carbons (Fsp3) is 0.105. The van der Waals surface area contributed by atoms with Gasteiger partial charge in [-0.3, -0.25) is 9.78 Å². The quantitative estimate of drug-likeness (QED) is 0.722. The molecule has 3 rings (SSSR count). The Bertz CT molecular complexity index is 790. The van der Waals surface area contributed by atoms with Gasteiger partial charge in [0.15, 0.2) is 0 Å². The number of rotatable bonds is 5. The first-order chi connectivity index (χ1) is 11.7. The molecular formula is C19H17N3O2. The summed E-state index contributed by atoms with van der Waals surface area (Å²) in [7, 11) is 1.75. The van der Waals surface area contributed by atoms with Crippen molar-refractivity contribution in [3.8, 4) is 11.6 Å². The first kappa shape index (κ1) is 15.7. The predicted molar refractivity (Wildman–Crippen MR) is 90.8 cm³/mol. The van der Waals surface area contributed by atoms with Gasteiger partial charge < -0.3 is 9.64 Å². The van der Waals surface area contributed by atoms with Gasteiger partial charge in [-0.25, -0.2) is 4.98 Å². The topological polar surface area (TPSA) is 55.3 Å². The van der Waals surface area contributed by atoms with Crippen LogP contribution in [0.3, 0.4) is 0 Å². The second-order valence-electron chi connectivity index (χ2n) is 5.32. The van der Waals surface area contributed by atoms with E-state index in [2.05, 4.69) is 9.97 Å². The summed E-state index contributed by atoms with van der Waals surface area (Å²) in [5, 5.41) is 0. The van der Waals surface area contributed by atoms with E-state index >= 15 is 0 Å². The van der Waals surface area contributed by atoms with Crippen LogP contribution < -0.4 is 4.74 Å². The van der Waals surface area contributed by atoms with Crippen molar-refractivity contribution < 1.29 is 9.53 Å². The van der Waals surface area contributed by atoms with Crippen molar-refractivity contribution in [3.05, 3.63) is 84.3 Å². The maximum atomic E-state index is 12.4. The summed E-state index contributed by atoms with van der Waals surface area (Å²) in [5.74, 6) is 1.06. The van der Waals surface area contributed by atoms with Crippen LogP contribution >= 0.6 is 0 Å². The molecule has 2 aromatic heterocycles. The molecule has 120 valence electrons. The summed E-state index contributed by atoms with van der Waals surface area (Å²) in [6, 6.07) is 16.6. The van der Waals surface area contributed by atoms with Gasteiger partial charge in [0, 0.05) is 38.2 Å². The predicted octanol–water partition coefficient (Wildman–Crippen LogP) is 3.54. The largest absolute Gasteiger partial charge is 0.439 e. The molecule has 2 heterocycles. The molecule has 0 spiro atoms. The molecule has 0 unspecified atom stereocenters. The summed E-state index contributed by atoms with van der Waals surface area (Å²) in [6.07, 6.45) is 4.99. The summed E-state index contributed by atoms with van der Waals surface area (Å²) >= 11 is 0. The number of ether oxygens (including phenoxy) is 1. The third kappa shape index (κ3) is 3.95. The fourth-order valence-corrected chi connectivity index (χ4v) is 2.23. The second kappa shape index (κ2) is 7.37. The Morgan fingerprint density at radius 1 is 1.04 bits per heavy atom. The minimum absolute atomic E-state index is 0.0994. The molecule has 0 saturated carbocycles.